The Morgan fingerprint density at radius 2 is 1.52 bits per heavy atom. The second-order valence-corrected chi connectivity index (χ2v) is 7.77. The highest BCUT2D eigenvalue weighted by Crippen LogP contribution is 2.21. The molecule has 0 unspecified atom stereocenters. The predicted octanol–water partition coefficient (Wildman–Crippen LogP) is 3.91. The van der Waals surface area contributed by atoms with Gasteiger partial charge >= 0.3 is 0 Å². The Morgan fingerprint density at radius 1 is 0.913 bits per heavy atom. The summed E-state index contributed by atoms with van der Waals surface area (Å²) in [7, 11) is -3.43. The van der Waals surface area contributed by atoms with Gasteiger partial charge in [0, 0.05) is 6.54 Å². The summed E-state index contributed by atoms with van der Waals surface area (Å²) < 4.78 is 27.7. The minimum Gasteiger partial charge on any atom is -0.211 e. The van der Waals surface area contributed by atoms with Crippen LogP contribution in [-0.2, 0) is 16.4 Å². The Hall–Kier alpha value is -1.65. The lowest BCUT2D eigenvalue weighted by atomic mass is 10.1. The van der Waals surface area contributed by atoms with Gasteiger partial charge in [-0.15, -0.1) is 0 Å². The summed E-state index contributed by atoms with van der Waals surface area (Å²) in [5, 5.41) is 0. The molecule has 0 fully saturated rings. The molecule has 0 aliphatic carbocycles. The quantitative estimate of drug-likeness (QED) is 0.782. The number of hydrogen-bond acceptors (Lipinski definition) is 2. The molecule has 0 aliphatic rings. The maximum Gasteiger partial charge on any atom is 0.241 e. The van der Waals surface area contributed by atoms with Gasteiger partial charge in [-0.05, 0) is 56.7 Å². The number of nitrogens with one attached hydrogen (secondary N) is 1. The third-order valence-electron chi connectivity index (χ3n) is 3.90. The standard InChI is InChI=1S/C19H25NO2S/c1-15-13-16(2)19(17(3)14-15)23(21,22)20-12-8-7-11-18-9-5-4-6-10-18/h4-6,9-10,13-14,20H,7-8,11-12H2,1-3H3. The van der Waals surface area contributed by atoms with Crippen LogP contribution in [0, 0.1) is 20.8 Å². The smallest absolute Gasteiger partial charge is 0.211 e. The van der Waals surface area contributed by atoms with Crippen LogP contribution in [-0.4, -0.2) is 15.0 Å². The zero-order chi connectivity index (χ0) is 16.9. The first-order valence-electron chi connectivity index (χ1n) is 8.01. The molecule has 4 heteroatoms. The van der Waals surface area contributed by atoms with E-state index in [-0.39, 0.29) is 0 Å². The minimum atomic E-state index is -3.43. The average molecular weight is 331 g/mol. The second kappa shape index (κ2) is 7.75. The van der Waals surface area contributed by atoms with E-state index in [0.717, 1.165) is 36.0 Å². The Labute approximate surface area is 139 Å². The Balaban J connectivity index is 1.90. The highest BCUT2D eigenvalue weighted by Gasteiger charge is 2.19. The average Bonchev–Trinajstić information content (AvgIpc) is 2.46. The monoisotopic (exact) mass is 331 g/mol. The third-order valence-corrected chi connectivity index (χ3v) is 5.67. The molecule has 0 aromatic heterocycles. The summed E-state index contributed by atoms with van der Waals surface area (Å²) in [5.74, 6) is 0. The molecule has 2 rings (SSSR count). The lowest BCUT2D eigenvalue weighted by Gasteiger charge is -2.13. The van der Waals surface area contributed by atoms with Crippen molar-refractivity contribution in [2.45, 2.75) is 44.9 Å². The van der Waals surface area contributed by atoms with Crippen molar-refractivity contribution in [3.8, 4) is 0 Å². The number of sulfonamides is 1. The van der Waals surface area contributed by atoms with Gasteiger partial charge in [0.2, 0.25) is 10.0 Å². The number of benzene rings is 2. The first kappa shape index (κ1) is 17.7. The van der Waals surface area contributed by atoms with Crippen LogP contribution >= 0.6 is 0 Å². The van der Waals surface area contributed by atoms with E-state index in [1.165, 1.54) is 5.56 Å². The van der Waals surface area contributed by atoms with Crippen LogP contribution in [0.2, 0.25) is 0 Å². The van der Waals surface area contributed by atoms with Crippen molar-refractivity contribution in [2.24, 2.45) is 0 Å². The van der Waals surface area contributed by atoms with Gasteiger partial charge in [0.25, 0.3) is 0 Å². The van der Waals surface area contributed by atoms with Crippen LogP contribution in [0.25, 0.3) is 0 Å². The van der Waals surface area contributed by atoms with Crippen molar-refractivity contribution in [1.82, 2.24) is 4.72 Å². The van der Waals surface area contributed by atoms with Crippen molar-refractivity contribution < 1.29 is 8.42 Å². The van der Waals surface area contributed by atoms with Gasteiger partial charge in [-0.25, -0.2) is 13.1 Å². The zero-order valence-corrected chi connectivity index (χ0v) is 14.9. The predicted molar refractivity (Wildman–Crippen MR) is 95.2 cm³/mol. The molecule has 2 aromatic rings. The molecule has 0 radical (unpaired) electrons. The Kier molecular flexibility index (Phi) is 5.97. The van der Waals surface area contributed by atoms with E-state index in [1.807, 2.05) is 51.1 Å². The van der Waals surface area contributed by atoms with Gasteiger partial charge in [0.05, 0.1) is 4.90 Å². The third kappa shape index (κ3) is 4.91. The number of hydrogen-bond donors (Lipinski definition) is 1. The number of rotatable bonds is 7. The molecule has 0 spiro atoms. The normalized spacial score (nSPS) is 11.6. The first-order chi connectivity index (χ1) is 10.9. The molecule has 0 heterocycles. The molecule has 3 nitrogen and oxygen atoms in total. The Morgan fingerprint density at radius 3 is 2.13 bits per heavy atom. The largest absolute Gasteiger partial charge is 0.241 e. The van der Waals surface area contributed by atoms with Crippen LogP contribution < -0.4 is 4.72 Å². The van der Waals surface area contributed by atoms with Gasteiger partial charge in [0.1, 0.15) is 0 Å². The van der Waals surface area contributed by atoms with Crippen LogP contribution in [0.1, 0.15) is 35.1 Å². The summed E-state index contributed by atoms with van der Waals surface area (Å²) in [6.45, 7) is 6.16. The topological polar surface area (TPSA) is 46.2 Å². The van der Waals surface area contributed by atoms with Gasteiger partial charge in [-0.2, -0.15) is 0 Å². The summed E-state index contributed by atoms with van der Waals surface area (Å²) in [5.41, 5.74) is 3.99. The maximum absolute atomic E-state index is 12.5. The van der Waals surface area contributed by atoms with Crippen LogP contribution in [0.15, 0.2) is 47.4 Å². The fourth-order valence-corrected chi connectivity index (χ4v) is 4.49. The Bertz CT molecular complexity index is 729. The summed E-state index contributed by atoms with van der Waals surface area (Å²) in [6, 6.07) is 14.1. The van der Waals surface area contributed by atoms with E-state index < -0.39 is 10.0 Å². The SMILES string of the molecule is Cc1cc(C)c(S(=O)(=O)NCCCCc2ccccc2)c(C)c1. The van der Waals surface area contributed by atoms with Crippen LogP contribution in [0.4, 0.5) is 0 Å². The number of unbranched alkanes of at least 4 members (excludes halogenated alkanes) is 1. The van der Waals surface area contributed by atoms with Crippen molar-refractivity contribution in [3.05, 3.63) is 64.7 Å². The first-order valence-corrected chi connectivity index (χ1v) is 9.50. The fourth-order valence-electron chi connectivity index (χ4n) is 2.97. The van der Waals surface area contributed by atoms with Crippen molar-refractivity contribution >= 4 is 10.0 Å². The van der Waals surface area contributed by atoms with Gasteiger partial charge in [-0.3, -0.25) is 0 Å². The lowest BCUT2D eigenvalue weighted by molar-refractivity contribution is 0.575. The maximum atomic E-state index is 12.5. The molecule has 0 amide bonds. The van der Waals surface area contributed by atoms with E-state index in [1.54, 1.807) is 0 Å². The van der Waals surface area contributed by atoms with E-state index in [0.29, 0.717) is 11.4 Å². The summed E-state index contributed by atoms with van der Waals surface area (Å²) in [6.07, 6.45) is 2.78. The van der Waals surface area contributed by atoms with Gasteiger partial charge in [0.15, 0.2) is 0 Å². The highest BCUT2D eigenvalue weighted by atomic mass is 32.2. The van der Waals surface area contributed by atoms with Crippen molar-refractivity contribution in [1.29, 1.82) is 0 Å². The summed E-state index contributed by atoms with van der Waals surface area (Å²) >= 11 is 0. The molecular weight excluding hydrogens is 306 g/mol. The van der Waals surface area contributed by atoms with E-state index in [4.69, 9.17) is 0 Å². The van der Waals surface area contributed by atoms with Crippen LogP contribution in [0.5, 0.6) is 0 Å². The molecule has 1 N–H and O–H groups in total. The van der Waals surface area contributed by atoms with Crippen molar-refractivity contribution in [2.75, 3.05) is 6.54 Å². The molecule has 2 aromatic carbocycles. The molecule has 0 atom stereocenters. The highest BCUT2D eigenvalue weighted by molar-refractivity contribution is 7.89. The van der Waals surface area contributed by atoms with Crippen LogP contribution in [0.3, 0.4) is 0 Å². The molecule has 0 saturated carbocycles. The van der Waals surface area contributed by atoms with Crippen molar-refractivity contribution in [3.63, 3.8) is 0 Å². The second-order valence-electron chi connectivity index (χ2n) is 6.07. The van der Waals surface area contributed by atoms with Gasteiger partial charge in [-0.1, -0.05) is 48.0 Å². The molecular formula is C19H25NO2S. The minimum absolute atomic E-state index is 0.422. The van der Waals surface area contributed by atoms with E-state index in [9.17, 15) is 8.42 Å². The molecule has 0 aliphatic heterocycles. The number of aryl methyl sites for hydroxylation is 4. The van der Waals surface area contributed by atoms with E-state index >= 15 is 0 Å². The molecule has 0 bridgehead atoms. The lowest BCUT2D eigenvalue weighted by Crippen LogP contribution is -2.26. The molecule has 124 valence electrons. The fraction of sp³-hybridized carbons (Fsp3) is 0.368. The molecule has 0 saturated heterocycles. The van der Waals surface area contributed by atoms with Gasteiger partial charge < -0.3 is 0 Å². The molecule has 23 heavy (non-hydrogen) atoms. The van der Waals surface area contributed by atoms with E-state index in [2.05, 4.69) is 16.9 Å². The zero-order valence-electron chi connectivity index (χ0n) is 14.1. The summed E-state index contributed by atoms with van der Waals surface area (Å²) in [4.78, 5) is 0.422.